The summed E-state index contributed by atoms with van der Waals surface area (Å²) in [5.74, 6) is 1.27. The predicted octanol–water partition coefficient (Wildman–Crippen LogP) is 5.56. The Balaban J connectivity index is 1.66. The topological polar surface area (TPSA) is 24.4 Å². The number of hydrogen-bond acceptors (Lipinski definition) is 2. The van der Waals surface area contributed by atoms with Crippen molar-refractivity contribution in [2.45, 2.75) is 65.3 Å². The van der Waals surface area contributed by atoms with Gasteiger partial charge >= 0.3 is 0 Å². The maximum absolute atomic E-state index is 13.7. The first-order valence-electron chi connectivity index (χ1n) is 12.4. The van der Waals surface area contributed by atoms with Crippen molar-refractivity contribution in [3.63, 3.8) is 0 Å². The fraction of sp³-hybridized carbons (Fsp3) is 0.483. The summed E-state index contributed by atoms with van der Waals surface area (Å²) in [6.07, 6.45) is 11.8. The summed E-state index contributed by atoms with van der Waals surface area (Å²) < 4.78 is 13.7. The number of aryl methyl sites for hydroxylation is 1. The third-order valence-corrected chi connectivity index (χ3v) is 7.21. The quantitative estimate of drug-likeness (QED) is 0.635. The average Bonchev–Trinajstić information content (AvgIpc) is 2.94. The second-order valence-corrected chi connectivity index (χ2v) is 9.64. The lowest BCUT2D eigenvalue weighted by atomic mass is 9.83. The molecule has 2 aliphatic rings. The average molecular weight is 433 g/mol. The zero-order chi connectivity index (χ0) is 22.5. The fourth-order valence-corrected chi connectivity index (χ4v) is 5.24. The van der Waals surface area contributed by atoms with Crippen LogP contribution in [0.5, 0.6) is 0 Å². The number of allylic oxidation sites excluding steroid dienone is 1. The Morgan fingerprint density at radius 2 is 1.97 bits per heavy atom. The Morgan fingerprint density at radius 3 is 2.72 bits per heavy atom. The first kappa shape index (κ1) is 22.9. The molecule has 2 aromatic carbocycles. The van der Waals surface area contributed by atoms with E-state index in [0.717, 1.165) is 54.8 Å². The lowest BCUT2D eigenvalue weighted by Gasteiger charge is -2.28. The standard InChI is InChI=1S/C29H37FN2/c1-4-5-6-28(27-11-10-26(30)17-20(27)2)24-9-12-29-25(19-24)8-7-23(21(3)32-29)18-22-13-15-31-16-14-22/h6,8-12,17,19,21-23,31H,4-5,7,13-16,18H2,1-3H3. The molecule has 4 rings (SSSR count). The Kier molecular flexibility index (Phi) is 7.57. The molecule has 0 radical (unpaired) electrons. The molecule has 0 bridgehead atoms. The van der Waals surface area contributed by atoms with Gasteiger partial charge in [0.2, 0.25) is 0 Å². The van der Waals surface area contributed by atoms with Crippen LogP contribution in [-0.2, 0) is 0 Å². The molecule has 0 aliphatic carbocycles. The minimum Gasteiger partial charge on any atom is -0.317 e. The summed E-state index contributed by atoms with van der Waals surface area (Å²) in [5.41, 5.74) is 4.49. The van der Waals surface area contributed by atoms with Crippen LogP contribution in [-0.4, -0.2) is 19.1 Å². The normalized spacial score (nSPS) is 21.9. The SMILES string of the molecule is CCCC=C(c1ccc2c(c1)=CCC(CC1CCNCC1)C(C)N=2)c1ccc(F)cc1C. The number of halogens is 1. The van der Waals surface area contributed by atoms with Crippen LogP contribution in [0.25, 0.3) is 11.6 Å². The zero-order valence-corrected chi connectivity index (χ0v) is 19.8. The maximum Gasteiger partial charge on any atom is 0.123 e. The third kappa shape index (κ3) is 5.38. The zero-order valence-electron chi connectivity index (χ0n) is 19.8. The Hall–Kier alpha value is -2.26. The number of fused-ring (bicyclic) bond motifs is 1. The molecule has 0 amide bonds. The predicted molar refractivity (Wildman–Crippen MR) is 133 cm³/mol. The van der Waals surface area contributed by atoms with Crippen LogP contribution < -0.4 is 15.9 Å². The van der Waals surface area contributed by atoms with Gasteiger partial charge in [-0.2, -0.15) is 0 Å². The Labute approximate surface area is 192 Å². The summed E-state index contributed by atoms with van der Waals surface area (Å²) in [4.78, 5) is 5.14. The number of hydrogen-bond donors (Lipinski definition) is 1. The minimum absolute atomic E-state index is 0.177. The van der Waals surface area contributed by atoms with Crippen LogP contribution in [0.3, 0.4) is 0 Å². The molecule has 1 fully saturated rings. The van der Waals surface area contributed by atoms with E-state index in [0.29, 0.717) is 12.0 Å². The highest BCUT2D eigenvalue weighted by Gasteiger charge is 2.23. The molecule has 2 nitrogen and oxygen atoms in total. The van der Waals surface area contributed by atoms with E-state index < -0.39 is 0 Å². The van der Waals surface area contributed by atoms with Crippen LogP contribution in [0.4, 0.5) is 4.39 Å². The maximum atomic E-state index is 13.7. The second kappa shape index (κ2) is 10.6. The van der Waals surface area contributed by atoms with Crippen LogP contribution in [0.1, 0.15) is 69.1 Å². The van der Waals surface area contributed by atoms with Gasteiger partial charge in [0.05, 0.1) is 11.4 Å². The number of benzene rings is 2. The number of nitrogens with zero attached hydrogens (tertiary/aromatic N) is 1. The molecule has 0 saturated carbocycles. The summed E-state index contributed by atoms with van der Waals surface area (Å²) in [6.45, 7) is 8.80. The molecule has 2 heterocycles. The number of rotatable bonds is 6. The van der Waals surface area contributed by atoms with Crippen molar-refractivity contribution >= 4 is 11.6 Å². The molecule has 0 spiro atoms. The van der Waals surface area contributed by atoms with Crippen molar-refractivity contribution in [3.05, 3.63) is 75.6 Å². The lowest BCUT2D eigenvalue weighted by Crippen LogP contribution is -2.30. The van der Waals surface area contributed by atoms with E-state index in [1.165, 1.54) is 35.6 Å². The smallest absolute Gasteiger partial charge is 0.123 e. The Bertz CT molecular complexity index is 1080. The van der Waals surface area contributed by atoms with E-state index in [1.807, 2.05) is 13.0 Å². The number of piperidine rings is 1. The highest BCUT2D eigenvalue weighted by molar-refractivity contribution is 5.81. The van der Waals surface area contributed by atoms with Crippen LogP contribution in [0, 0.1) is 24.6 Å². The molecule has 1 saturated heterocycles. The summed E-state index contributed by atoms with van der Waals surface area (Å²) >= 11 is 0. The molecule has 2 atom stereocenters. The molecular formula is C29H37FN2. The summed E-state index contributed by atoms with van der Waals surface area (Å²) in [5, 5.41) is 5.84. The fourth-order valence-electron chi connectivity index (χ4n) is 5.24. The van der Waals surface area contributed by atoms with Crippen molar-refractivity contribution in [1.29, 1.82) is 0 Å². The molecule has 2 aliphatic heterocycles. The molecular weight excluding hydrogens is 395 g/mol. The van der Waals surface area contributed by atoms with Crippen LogP contribution in [0.15, 0.2) is 47.5 Å². The largest absolute Gasteiger partial charge is 0.317 e. The molecule has 1 N–H and O–H groups in total. The van der Waals surface area contributed by atoms with Gasteiger partial charge in [-0.3, -0.25) is 4.99 Å². The van der Waals surface area contributed by atoms with Gasteiger partial charge in [0.25, 0.3) is 0 Å². The lowest BCUT2D eigenvalue weighted by molar-refractivity contribution is 0.281. The second-order valence-electron chi connectivity index (χ2n) is 9.64. The highest BCUT2D eigenvalue weighted by Crippen LogP contribution is 2.29. The molecule has 0 aromatic heterocycles. The van der Waals surface area contributed by atoms with Gasteiger partial charge in [-0.25, -0.2) is 4.39 Å². The first-order chi connectivity index (χ1) is 15.5. The van der Waals surface area contributed by atoms with Gasteiger partial charge in [-0.1, -0.05) is 37.6 Å². The number of unbranched alkanes of at least 4 members (excludes halogenated alkanes) is 1. The molecule has 2 unspecified atom stereocenters. The van der Waals surface area contributed by atoms with E-state index in [9.17, 15) is 4.39 Å². The van der Waals surface area contributed by atoms with E-state index in [4.69, 9.17) is 4.99 Å². The van der Waals surface area contributed by atoms with Crippen molar-refractivity contribution in [1.82, 2.24) is 5.32 Å². The van der Waals surface area contributed by atoms with E-state index in [2.05, 4.69) is 49.5 Å². The monoisotopic (exact) mass is 432 g/mol. The van der Waals surface area contributed by atoms with Crippen molar-refractivity contribution in [3.8, 4) is 0 Å². The molecule has 3 heteroatoms. The van der Waals surface area contributed by atoms with E-state index >= 15 is 0 Å². The van der Waals surface area contributed by atoms with Crippen LogP contribution >= 0.6 is 0 Å². The molecule has 2 aromatic rings. The molecule has 32 heavy (non-hydrogen) atoms. The van der Waals surface area contributed by atoms with Gasteiger partial charge in [0, 0.05) is 0 Å². The summed E-state index contributed by atoms with van der Waals surface area (Å²) in [7, 11) is 0. The van der Waals surface area contributed by atoms with Crippen molar-refractivity contribution in [2.75, 3.05) is 13.1 Å². The highest BCUT2D eigenvalue weighted by atomic mass is 19.1. The third-order valence-electron chi connectivity index (χ3n) is 7.21. The minimum atomic E-state index is -0.177. The first-order valence-corrected chi connectivity index (χ1v) is 12.4. The van der Waals surface area contributed by atoms with Crippen molar-refractivity contribution in [2.24, 2.45) is 16.8 Å². The number of nitrogens with one attached hydrogen (secondary N) is 1. The van der Waals surface area contributed by atoms with Gasteiger partial charge in [0.15, 0.2) is 0 Å². The van der Waals surface area contributed by atoms with Gasteiger partial charge in [0.1, 0.15) is 5.82 Å². The van der Waals surface area contributed by atoms with Crippen LogP contribution in [0.2, 0.25) is 0 Å². The van der Waals surface area contributed by atoms with Gasteiger partial charge < -0.3 is 5.32 Å². The summed E-state index contributed by atoms with van der Waals surface area (Å²) in [6, 6.07) is 12.1. The van der Waals surface area contributed by atoms with E-state index in [-0.39, 0.29) is 5.82 Å². The van der Waals surface area contributed by atoms with Gasteiger partial charge in [-0.15, -0.1) is 0 Å². The van der Waals surface area contributed by atoms with Crippen molar-refractivity contribution < 1.29 is 4.39 Å². The Morgan fingerprint density at radius 1 is 1.16 bits per heavy atom. The molecule has 170 valence electrons. The van der Waals surface area contributed by atoms with Gasteiger partial charge in [-0.05, 0) is 123 Å². The van der Waals surface area contributed by atoms with E-state index in [1.54, 1.807) is 12.1 Å².